The van der Waals surface area contributed by atoms with Crippen LogP contribution in [0, 0.1) is 0 Å². The highest BCUT2D eigenvalue weighted by Crippen LogP contribution is 1.99. The van der Waals surface area contributed by atoms with Crippen LogP contribution in [0.25, 0.3) is 0 Å². The van der Waals surface area contributed by atoms with Gasteiger partial charge < -0.3 is 14.7 Å². The summed E-state index contributed by atoms with van der Waals surface area (Å²) >= 11 is 0. The Bertz CT molecular complexity index is 90.1. The summed E-state index contributed by atoms with van der Waals surface area (Å²) in [5, 5.41) is 8.71. The van der Waals surface area contributed by atoms with Crippen molar-refractivity contribution in [1.29, 1.82) is 0 Å². The highest BCUT2D eigenvalue weighted by Gasteiger charge is 2.06. The minimum Gasteiger partial charge on any atom is -0.395 e. The van der Waals surface area contributed by atoms with Crippen molar-refractivity contribution < 1.29 is 9.84 Å². The van der Waals surface area contributed by atoms with Gasteiger partial charge in [0.05, 0.1) is 6.61 Å². The molecule has 0 bridgehead atoms. The monoisotopic (exact) mass is 159 g/mol. The Morgan fingerprint density at radius 2 is 1.82 bits per heavy atom. The first kappa shape index (κ1) is 8.97. The largest absolute Gasteiger partial charge is 0.395 e. The molecule has 1 N–H and O–H groups in total. The van der Waals surface area contributed by atoms with Gasteiger partial charge in [-0.15, -0.1) is 0 Å². The SMILES string of the molecule is OCCN1CCCOCCC1. The molecule has 1 saturated heterocycles. The van der Waals surface area contributed by atoms with E-state index in [1.807, 2.05) is 0 Å². The molecule has 0 amide bonds. The maximum atomic E-state index is 8.71. The van der Waals surface area contributed by atoms with Crippen molar-refractivity contribution in [2.75, 3.05) is 39.5 Å². The third-order valence-corrected chi connectivity index (χ3v) is 1.94. The molecule has 0 atom stereocenters. The van der Waals surface area contributed by atoms with Gasteiger partial charge in [0.25, 0.3) is 0 Å². The van der Waals surface area contributed by atoms with Crippen LogP contribution in [-0.2, 0) is 4.74 Å². The molecule has 1 rings (SSSR count). The summed E-state index contributed by atoms with van der Waals surface area (Å²) < 4.78 is 5.31. The van der Waals surface area contributed by atoms with E-state index >= 15 is 0 Å². The summed E-state index contributed by atoms with van der Waals surface area (Å²) in [7, 11) is 0. The Hall–Kier alpha value is -0.120. The Labute approximate surface area is 68.0 Å². The van der Waals surface area contributed by atoms with Gasteiger partial charge in [0, 0.05) is 32.8 Å². The summed E-state index contributed by atoms with van der Waals surface area (Å²) in [6.45, 7) is 4.99. The molecule has 1 heterocycles. The highest BCUT2D eigenvalue weighted by molar-refractivity contribution is 4.59. The van der Waals surface area contributed by atoms with Gasteiger partial charge >= 0.3 is 0 Å². The average Bonchev–Trinajstić information content (AvgIpc) is 1.94. The van der Waals surface area contributed by atoms with Crippen molar-refractivity contribution in [2.24, 2.45) is 0 Å². The molecule has 11 heavy (non-hydrogen) atoms. The van der Waals surface area contributed by atoms with E-state index in [0.717, 1.165) is 45.7 Å². The summed E-state index contributed by atoms with van der Waals surface area (Å²) in [6.07, 6.45) is 2.19. The number of aliphatic hydroxyl groups excluding tert-OH is 1. The first-order chi connectivity index (χ1) is 5.43. The molecule has 0 spiro atoms. The smallest absolute Gasteiger partial charge is 0.0558 e. The van der Waals surface area contributed by atoms with Crippen molar-refractivity contribution in [3.05, 3.63) is 0 Å². The zero-order chi connectivity index (χ0) is 7.94. The van der Waals surface area contributed by atoms with Crippen LogP contribution < -0.4 is 0 Å². The van der Waals surface area contributed by atoms with Gasteiger partial charge in [-0.05, 0) is 12.8 Å². The molecular formula is C8H17NO2. The van der Waals surface area contributed by atoms with Crippen LogP contribution in [0.15, 0.2) is 0 Å². The van der Waals surface area contributed by atoms with Gasteiger partial charge in [0.15, 0.2) is 0 Å². The highest BCUT2D eigenvalue weighted by atomic mass is 16.5. The lowest BCUT2D eigenvalue weighted by molar-refractivity contribution is 0.0821. The van der Waals surface area contributed by atoms with Crippen molar-refractivity contribution in [3.63, 3.8) is 0 Å². The van der Waals surface area contributed by atoms with E-state index in [0.29, 0.717) is 0 Å². The predicted octanol–water partition coefficient (Wildman–Crippen LogP) is 0.0911. The molecule has 66 valence electrons. The fraction of sp³-hybridized carbons (Fsp3) is 1.00. The summed E-state index contributed by atoms with van der Waals surface area (Å²) in [4.78, 5) is 2.29. The van der Waals surface area contributed by atoms with Crippen LogP contribution in [0.3, 0.4) is 0 Å². The fourth-order valence-corrected chi connectivity index (χ4v) is 1.36. The second-order valence-corrected chi connectivity index (χ2v) is 2.88. The predicted molar refractivity (Wildman–Crippen MR) is 43.6 cm³/mol. The Morgan fingerprint density at radius 3 is 2.36 bits per heavy atom. The second kappa shape index (κ2) is 5.52. The van der Waals surface area contributed by atoms with Crippen LogP contribution >= 0.6 is 0 Å². The molecule has 0 saturated carbocycles. The number of rotatable bonds is 2. The number of hydrogen-bond acceptors (Lipinski definition) is 3. The minimum atomic E-state index is 0.279. The minimum absolute atomic E-state index is 0.279. The van der Waals surface area contributed by atoms with Crippen molar-refractivity contribution >= 4 is 0 Å². The molecule has 0 radical (unpaired) electrons. The van der Waals surface area contributed by atoms with E-state index in [1.165, 1.54) is 0 Å². The van der Waals surface area contributed by atoms with E-state index in [9.17, 15) is 0 Å². The topological polar surface area (TPSA) is 32.7 Å². The molecule has 1 aliphatic heterocycles. The summed E-state index contributed by atoms with van der Waals surface area (Å²) in [6, 6.07) is 0. The molecule has 1 fully saturated rings. The number of aliphatic hydroxyl groups is 1. The maximum absolute atomic E-state index is 8.71. The van der Waals surface area contributed by atoms with Gasteiger partial charge in [-0.25, -0.2) is 0 Å². The number of β-amino-alcohol motifs (C(OH)–C–C–N with tert-alkyl or cyclic N) is 1. The first-order valence-electron chi connectivity index (χ1n) is 4.34. The maximum Gasteiger partial charge on any atom is 0.0558 e. The zero-order valence-corrected chi connectivity index (χ0v) is 6.96. The average molecular weight is 159 g/mol. The molecule has 0 aliphatic carbocycles. The van der Waals surface area contributed by atoms with E-state index in [4.69, 9.17) is 9.84 Å². The molecule has 0 aromatic carbocycles. The van der Waals surface area contributed by atoms with Gasteiger partial charge in [-0.3, -0.25) is 0 Å². The normalized spacial score (nSPS) is 22.6. The second-order valence-electron chi connectivity index (χ2n) is 2.88. The van der Waals surface area contributed by atoms with Gasteiger partial charge in [-0.1, -0.05) is 0 Å². The first-order valence-corrected chi connectivity index (χ1v) is 4.34. The molecule has 0 aromatic rings. The third-order valence-electron chi connectivity index (χ3n) is 1.94. The molecule has 3 nitrogen and oxygen atoms in total. The summed E-state index contributed by atoms with van der Waals surface area (Å²) in [5.74, 6) is 0. The standard InChI is InChI=1S/C8H17NO2/c10-6-5-9-3-1-7-11-8-2-4-9/h10H,1-8H2. The number of ether oxygens (including phenoxy) is 1. The van der Waals surface area contributed by atoms with E-state index in [1.54, 1.807) is 0 Å². The number of hydrogen-bond donors (Lipinski definition) is 1. The van der Waals surface area contributed by atoms with Crippen LogP contribution in [0.5, 0.6) is 0 Å². The third kappa shape index (κ3) is 3.70. The quantitative estimate of drug-likeness (QED) is 0.620. The lowest BCUT2D eigenvalue weighted by Crippen LogP contribution is -2.32. The summed E-state index contributed by atoms with van der Waals surface area (Å²) in [5.41, 5.74) is 0. The van der Waals surface area contributed by atoms with Gasteiger partial charge in [-0.2, -0.15) is 0 Å². The molecule has 1 aliphatic rings. The van der Waals surface area contributed by atoms with E-state index in [2.05, 4.69) is 4.90 Å². The van der Waals surface area contributed by atoms with E-state index < -0.39 is 0 Å². The molecule has 0 aromatic heterocycles. The van der Waals surface area contributed by atoms with Gasteiger partial charge in [0.1, 0.15) is 0 Å². The fourth-order valence-electron chi connectivity index (χ4n) is 1.36. The molecule has 3 heteroatoms. The van der Waals surface area contributed by atoms with Crippen molar-refractivity contribution in [2.45, 2.75) is 12.8 Å². The Kier molecular flexibility index (Phi) is 4.50. The zero-order valence-electron chi connectivity index (χ0n) is 6.96. The van der Waals surface area contributed by atoms with Gasteiger partial charge in [0.2, 0.25) is 0 Å². The lowest BCUT2D eigenvalue weighted by atomic mass is 10.3. The van der Waals surface area contributed by atoms with Crippen LogP contribution in [-0.4, -0.2) is 49.5 Å². The molecule has 0 unspecified atom stereocenters. The number of nitrogens with zero attached hydrogens (tertiary/aromatic N) is 1. The van der Waals surface area contributed by atoms with Crippen LogP contribution in [0.4, 0.5) is 0 Å². The van der Waals surface area contributed by atoms with Crippen molar-refractivity contribution in [1.82, 2.24) is 4.90 Å². The van der Waals surface area contributed by atoms with E-state index in [-0.39, 0.29) is 6.61 Å². The van der Waals surface area contributed by atoms with Crippen LogP contribution in [0.2, 0.25) is 0 Å². The van der Waals surface area contributed by atoms with Crippen LogP contribution in [0.1, 0.15) is 12.8 Å². The van der Waals surface area contributed by atoms with Crippen molar-refractivity contribution in [3.8, 4) is 0 Å². The molecular weight excluding hydrogens is 142 g/mol. The lowest BCUT2D eigenvalue weighted by Gasteiger charge is -2.23. The Balaban J connectivity index is 2.15. The Morgan fingerprint density at radius 1 is 1.18 bits per heavy atom.